The Labute approximate surface area is 77.7 Å². The summed E-state index contributed by atoms with van der Waals surface area (Å²) < 4.78 is 13.6. The molecule has 1 aromatic carbocycles. The summed E-state index contributed by atoms with van der Waals surface area (Å²) in [5.74, 6) is -0.945. The highest BCUT2D eigenvalue weighted by Gasteiger charge is 2.04. The molecule has 0 spiro atoms. The molecule has 0 fully saturated rings. The molecule has 0 heterocycles. The minimum absolute atomic E-state index is 0.0564. The molecule has 0 unspecified atom stereocenters. The van der Waals surface area contributed by atoms with Gasteiger partial charge in [-0.3, -0.25) is 4.79 Å². The Morgan fingerprint density at radius 1 is 1.58 bits per heavy atom. The van der Waals surface area contributed by atoms with E-state index in [0.29, 0.717) is 10.0 Å². The molecule has 0 bridgehead atoms. The molecular formula is C8H7BrFNO. The molecule has 4 heteroatoms. The van der Waals surface area contributed by atoms with Crippen LogP contribution < -0.4 is 5.73 Å². The average Bonchev–Trinajstić information content (AvgIpc) is 1.94. The van der Waals surface area contributed by atoms with Gasteiger partial charge in [-0.2, -0.15) is 0 Å². The summed E-state index contributed by atoms with van der Waals surface area (Å²) in [6.45, 7) is 0. The van der Waals surface area contributed by atoms with E-state index in [1.165, 1.54) is 12.1 Å². The van der Waals surface area contributed by atoms with Crippen molar-refractivity contribution in [3.63, 3.8) is 0 Å². The molecule has 2 nitrogen and oxygen atoms in total. The fraction of sp³-hybridized carbons (Fsp3) is 0.125. The van der Waals surface area contributed by atoms with Crippen molar-refractivity contribution in [1.82, 2.24) is 0 Å². The van der Waals surface area contributed by atoms with E-state index in [9.17, 15) is 9.18 Å². The fourth-order valence-electron chi connectivity index (χ4n) is 0.853. The van der Waals surface area contributed by atoms with Crippen LogP contribution in [0.25, 0.3) is 0 Å². The molecule has 2 N–H and O–H groups in total. The van der Waals surface area contributed by atoms with E-state index in [4.69, 9.17) is 5.73 Å². The molecule has 1 aromatic rings. The maximum Gasteiger partial charge on any atom is 0.221 e. The molecule has 0 atom stereocenters. The summed E-state index contributed by atoms with van der Waals surface area (Å²) in [6.07, 6.45) is -0.0564. The Morgan fingerprint density at radius 2 is 2.25 bits per heavy atom. The third kappa shape index (κ3) is 2.30. The monoisotopic (exact) mass is 231 g/mol. The summed E-state index contributed by atoms with van der Waals surface area (Å²) in [5.41, 5.74) is 5.24. The van der Waals surface area contributed by atoms with Crippen LogP contribution in [-0.2, 0) is 11.2 Å². The first kappa shape index (κ1) is 9.19. The highest BCUT2D eigenvalue weighted by atomic mass is 79.9. The highest BCUT2D eigenvalue weighted by molar-refractivity contribution is 9.10. The first-order valence-corrected chi connectivity index (χ1v) is 4.11. The Morgan fingerprint density at radius 3 is 2.75 bits per heavy atom. The lowest BCUT2D eigenvalue weighted by Crippen LogP contribution is -2.14. The molecule has 1 amide bonds. The van der Waals surface area contributed by atoms with Crippen LogP contribution in [0.5, 0.6) is 0 Å². The van der Waals surface area contributed by atoms with Crippen LogP contribution in [0.4, 0.5) is 4.39 Å². The molecular weight excluding hydrogens is 225 g/mol. The van der Waals surface area contributed by atoms with E-state index in [2.05, 4.69) is 15.9 Å². The Balaban J connectivity index is 2.93. The molecule has 0 aliphatic heterocycles. The van der Waals surface area contributed by atoms with Crippen molar-refractivity contribution in [1.29, 1.82) is 0 Å². The molecule has 12 heavy (non-hydrogen) atoms. The van der Waals surface area contributed by atoms with E-state index in [1.54, 1.807) is 6.07 Å². The van der Waals surface area contributed by atoms with Gasteiger partial charge in [0.05, 0.1) is 6.42 Å². The van der Waals surface area contributed by atoms with E-state index in [-0.39, 0.29) is 6.42 Å². The lowest BCUT2D eigenvalue weighted by atomic mass is 10.1. The number of carbonyl (C=O) groups is 1. The van der Waals surface area contributed by atoms with E-state index in [1.807, 2.05) is 0 Å². The van der Waals surface area contributed by atoms with Crippen molar-refractivity contribution < 1.29 is 9.18 Å². The number of benzene rings is 1. The van der Waals surface area contributed by atoms with Crippen molar-refractivity contribution in [2.75, 3.05) is 0 Å². The zero-order chi connectivity index (χ0) is 9.14. The van der Waals surface area contributed by atoms with Crippen molar-refractivity contribution in [3.8, 4) is 0 Å². The smallest absolute Gasteiger partial charge is 0.221 e. The van der Waals surface area contributed by atoms with Gasteiger partial charge in [0.1, 0.15) is 5.82 Å². The molecule has 0 aromatic heterocycles. The fourth-order valence-corrected chi connectivity index (χ4v) is 1.19. The molecule has 1 rings (SSSR count). The van der Waals surface area contributed by atoms with Gasteiger partial charge in [-0.25, -0.2) is 4.39 Å². The number of carbonyl (C=O) groups excluding carboxylic acids is 1. The predicted octanol–water partition coefficient (Wildman–Crippen LogP) is 1.62. The molecule has 0 saturated carbocycles. The first-order chi connectivity index (χ1) is 5.59. The van der Waals surface area contributed by atoms with E-state index in [0.717, 1.165) is 0 Å². The molecule has 0 radical (unpaired) electrons. The minimum atomic E-state index is -0.531. The lowest BCUT2D eigenvalue weighted by Gasteiger charge is -1.99. The maximum atomic E-state index is 13.0. The Bertz CT molecular complexity index is 314. The standard InChI is InChI=1S/C8H7BrFNO/c9-6-2-1-5(3-8(11)12)7(10)4-6/h1-2,4H,3H2,(H2,11,12). The SMILES string of the molecule is NC(=O)Cc1ccc(Br)cc1F. The van der Waals surface area contributed by atoms with Crippen LogP contribution in [0.1, 0.15) is 5.56 Å². The third-order valence-corrected chi connectivity index (χ3v) is 1.87. The summed E-state index contributed by atoms with van der Waals surface area (Å²) >= 11 is 3.11. The summed E-state index contributed by atoms with van der Waals surface area (Å²) in [5, 5.41) is 0. The zero-order valence-electron chi connectivity index (χ0n) is 6.18. The van der Waals surface area contributed by atoms with Crippen LogP contribution in [0.3, 0.4) is 0 Å². The van der Waals surface area contributed by atoms with E-state index >= 15 is 0 Å². The van der Waals surface area contributed by atoms with Gasteiger partial charge in [0.25, 0.3) is 0 Å². The number of primary amides is 1. The first-order valence-electron chi connectivity index (χ1n) is 3.32. The zero-order valence-corrected chi connectivity index (χ0v) is 7.77. The number of halogens is 2. The van der Waals surface area contributed by atoms with Crippen molar-refractivity contribution in [3.05, 3.63) is 34.1 Å². The number of hydrogen-bond acceptors (Lipinski definition) is 1. The molecule has 0 aliphatic rings. The van der Waals surface area contributed by atoms with Crippen LogP contribution >= 0.6 is 15.9 Å². The van der Waals surface area contributed by atoms with Gasteiger partial charge in [0, 0.05) is 4.47 Å². The Kier molecular flexibility index (Phi) is 2.81. The second-order valence-corrected chi connectivity index (χ2v) is 3.29. The van der Waals surface area contributed by atoms with Gasteiger partial charge < -0.3 is 5.73 Å². The van der Waals surface area contributed by atoms with Gasteiger partial charge in [-0.05, 0) is 17.7 Å². The number of rotatable bonds is 2. The second-order valence-electron chi connectivity index (χ2n) is 2.38. The largest absolute Gasteiger partial charge is 0.369 e. The van der Waals surface area contributed by atoms with E-state index < -0.39 is 11.7 Å². The van der Waals surface area contributed by atoms with Crippen molar-refractivity contribution in [2.24, 2.45) is 5.73 Å². The predicted molar refractivity (Wildman–Crippen MR) is 47.0 cm³/mol. The topological polar surface area (TPSA) is 43.1 Å². The van der Waals surface area contributed by atoms with Crippen LogP contribution in [0.2, 0.25) is 0 Å². The average molecular weight is 232 g/mol. The number of nitrogens with two attached hydrogens (primary N) is 1. The summed E-state index contributed by atoms with van der Waals surface area (Å²) in [7, 11) is 0. The quantitative estimate of drug-likeness (QED) is 0.827. The maximum absolute atomic E-state index is 13.0. The molecule has 64 valence electrons. The highest BCUT2D eigenvalue weighted by Crippen LogP contribution is 2.15. The minimum Gasteiger partial charge on any atom is -0.369 e. The third-order valence-electron chi connectivity index (χ3n) is 1.38. The normalized spacial score (nSPS) is 9.83. The van der Waals surface area contributed by atoms with Crippen LogP contribution in [0, 0.1) is 5.82 Å². The number of hydrogen-bond donors (Lipinski definition) is 1. The second kappa shape index (κ2) is 3.67. The van der Waals surface area contributed by atoms with Crippen LogP contribution in [0.15, 0.2) is 22.7 Å². The summed E-state index contributed by atoms with van der Waals surface area (Å²) in [4.78, 5) is 10.4. The summed E-state index contributed by atoms with van der Waals surface area (Å²) in [6, 6.07) is 4.50. The van der Waals surface area contributed by atoms with Gasteiger partial charge in [0.15, 0.2) is 0 Å². The van der Waals surface area contributed by atoms with Gasteiger partial charge >= 0.3 is 0 Å². The van der Waals surface area contributed by atoms with Gasteiger partial charge in [-0.15, -0.1) is 0 Å². The van der Waals surface area contributed by atoms with Crippen molar-refractivity contribution in [2.45, 2.75) is 6.42 Å². The molecule has 0 saturated heterocycles. The molecule has 0 aliphatic carbocycles. The lowest BCUT2D eigenvalue weighted by molar-refractivity contribution is -0.117. The van der Waals surface area contributed by atoms with Crippen LogP contribution in [-0.4, -0.2) is 5.91 Å². The van der Waals surface area contributed by atoms with Gasteiger partial charge in [0.2, 0.25) is 5.91 Å². The van der Waals surface area contributed by atoms with Gasteiger partial charge in [-0.1, -0.05) is 22.0 Å². The number of amides is 1. The van der Waals surface area contributed by atoms with Crippen molar-refractivity contribution >= 4 is 21.8 Å². The Hall–Kier alpha value is -0.900.